The zero-order valence-electron chi connectivity index (χ0n) is 11.0. The standard InChI is InChI=1S/C16H21NO/c1-12-7-9-14(10-8-12)16(18)17-11-15-6-4-3-5-13(15)2/h7-10,15H,2-6,11H2,1H3,(H,17,18). The zero-order chi connectivity index (χ0) is 13.0. The third-order valence-electron chi connectivity index (χ3n) is 3.70. The molecule has 2 nitrogen and oxygen atoms in total. The first-order valence-corrected chi connectivity index (χ1v) is 6.69. The highest BCUT2D eigenvalue weighted by atomic mass is 16.1. The molecule has 1 aromatic carbocycles. The van der Waals surface area contributed by atoms with Gasteiger partial charge in [0, 0.05) is 12.1 Å². The summed E-state index contributed by atoms with van der Waals surface area (Å²) in [5.74, 6) is 0.488. The Bertz CT molecular complexity index is 433. The van der Waals surface area contributed by atoms with Gasteiger partial charge in [0.25, 0.3) is 5.91 Å². The molecule has 0 bridgehead atoms. The maximum Gasteiger partial charge on any atom is 0.251 e. The number of aryl methyl sites for hydroxylation is 1. The first-order chi connectivity index (χ1) is 8.66. The summed E-state index contributed by atoms with van der Waals surface area (Å²) >= 11 is 0. The van der Waals surface area contributed by atoms with Gasteiger partial charge in [0.05, 0.1) is 0 Å². The Labute approximate surface area is 109 Å². The van der Waals surface area contributed by atoms with Gasteiger partial charge < -0.3 is 5.32 Å². The van der Waals surface area contributed by atoms with Crippen molar-refractivity contribution < 1.29 is 4.79 Å². The van der Waals surface area contributed by atoms with Crippen molar-refractivity contribution in [3.63, 3.8) is 0 Å². The number of benzene rings is 1. The number of nitrogens with one attached hydrogen (secondary N) is 1. The van der Waals surface area contributed by atoms with Crippen LogP contribution in [0.1, 0.15) is 41.6 Å². The quantitative estimate of drug-likeness (QED) is 0.809. The van der Waals surface area contributed by atoms with Crippen molar-refractivity contribution >= 4 is 5.91 Å². The van der Waals surface area contributed by atoms with Gasteiger partial charge in [0.15, 0.2) is 0 Å². The number of carbonyl (C=O) groups excluding carboxylic acids is 1. The molecular formula is C16H21NO. The third kappa shape index (κ3) is 3.22. The van der Waals surface area contributed by atoms with E-state index in [1.165, 1.54) is 24.0 Å². The molecule has 1 unspecified atom stereocenters. The first kappa shape index (κ1) is 12.9. The van der Waals surface area contributed by atoms with Crippen molar-refractivity contribution in [2.75, 3.05) is 6.54 Å². The number of rotatable bonds is 3. The van der Waals surface area contributed by atoms with Crippen molar-refractivity contribution in [3.8, 4) is 0 Å². The lowest BCUT2D eigenvalue weighted by atomic mass is 9.85. The fourth-order valence-corrected chi connectivity index (χ4v) is 2.42. The summed E-state index contributed by atoms with van der Waals surface area (Å²) in [5.41, 5.74) is 3.21. The predicted octanol–water partition coefficient (Wildman–Crippen LogP) is 3.47. The van der Waals surface area contributed by atoms with Gasteiger partial charge in [-0.05, 0) is 44.2 Å². The molecule has 1 aliphatic carbocycles. The van der Waals surface area contributed by atoms with Crippen LogP contribution in [-0.4, -0.2) is 12.5 Å². The molecule has 1 aliphatic rings. The molecule has 2 rings (SSSR count). The molecule has 2 heteroatoms. The van der Waals surface area contributed by atoms with Crippen LogP contribution in [0, 0.1) is 12.8 Å². The Morgan fingerprint density at radius 1 is 1.33 bits per heavy atom. The van der Waals surface area contributed by atoms with Gasteiger partial charge in [0.1, 0.15) is 0 Å². The fourth-order valence-electron chi connectivity index (χ4n) is 2.42. The Kier molecular flexibility index (Phi) is 4.19. The molecular weight excluding hydrogens is 222 g/mol. The van der Waals surface area contributed by atoms with Crippen LogP contribution in [0.5, 0.6) is 0 Å². The van der Waals surface area contributed by atoms with Crippen LogP contribution < -0.4 is 5.32 Å². The minimum Gasteiger partial charge on any atom is -0.351 e. The van der Waals surface area contributed by atoms with Gasteiger partial charge in [0.2, 0.25) is 0 Å². The summed E-state index contributed by atoms with van der Waals surface area (Å²) in [4.78, 5) is 12.0. The number of hydrogen-bond acceptors (Lipinski definition) is 1. The summed E-state index contributed by atoms with van der Waals surface area (Å²) in [5, 5.41) is 3.02. The van der Waals surface area contributed by atoms with Crippen LogP contribution in [0.4, 0.5) is 0 Å². The SMILES string of the molecule is C=C1CCCCC1CNC(=O)c1ccc(C)cc1. The third-order valence-corrected chi connectivity index (χ3v) is 3.70. The molecule has 0 aliphatic heterocycles. The lowest BCUT2D eigenvalue weighted by molar-refractivity contribution is 0.0947. The van der Waals surface area contributed by atoms with Crippen LogP contribution in [0.15, 0.2) is 36.4 Å². The lowest BCUT2D eigenvalue weighted by Crippen LogP contribution is -2.31. The molecule has 0 saturated heterocycles. The van der Waals surface area contributed by atoms with Crippen LogP contribution in [0.25, 0.3) is 0 Å². The van der Waals surface area contributed by atoms with Gasteiger partial charge in [-0.2, -0.15) is 0 Å². The minimum absolute atomic E-state index is 0.0216. The fraction of sp³-hybridized carbons (Fsp3) is 0.438. The molecule has 0 heterocycles. The Morgan fingerprint density at radius 2 is 2.06 bits per heavy atom. The minimum atomic E-state index is 0.0216. The maximum absolute atomic E-state index is 12.0. The van der Waals surface area contributed by atoms with Gasteiger partial charge in [-0.15, -0.1) is 0 Å². The van der Waals surface area contributed by atoms with E-state index in [1.807, 2.05) is 31.2 Å². The van der Waals surface area contributed by atoms with Gasteiger partial charge in [-0.25, -0.2) is 0 Å². The monoisotopic (exact) mass is 243 g/mol. The normalized spacial score (nSPS) is 19.6. The Balaban J connectivity index is 1.88. The topological polar surface area (TPSA) is 29.1 Å². The maximum atomic E-state index is 12.0. The highest BCUT2D eigenvalue weighted by Gasteiger charge is 2.17. The molecule has 1 fully saturated rings. The van der Waals surface area contributed by atoms with Crippen molar-refractivity contribution in [1.82, 2.24) is 5.32 Å². The van der Waals surface area contributed by atoms with Crippen molar-refractivity contribution in [2.45, 2.75) is 32.6 Å². The summed E-state index contributed by atoms with van der Waals surface area (Å²) in [7, 11) is 0. The molecule has 1 saturated carbocycles. The van der Waals surface area contributed by atoms with Gasteiger partial charge in [-0.3, -0.25) is 4.79 Å². The summed E-state index contributed by atoms with van der Waals surface area (Å²) in [6.45, 7) is 6.86. The average Bonchev–Trinajstić information content (AvgIpc) is 2.38. The predicted molar refractivity (Wildman–Crippen MR) is 74.6 cm³/mol. The van der Waals surface area contributed by atoms with E-state index in [1.54, 1.807) is 0 Å². The van der Waals surface area contributed by atoms with Crippen LogP contribution in [-0.2, 0) is 0 Å². The van der Waals surface area contributed by atoms with Crippen LogP contribution >= 0.6 is 0 Å². The second-order valence-electron chi connectivity index (χ2n) is 5.18. The molecule has 1 atom stereocenters. The van der Waals surface area contributed by atoms with E-state index in [2.05, 4.69) is 11.9 Å². The van der Waals surface area contributed by atoms with E-state index >= 15 is 0 Å². The van der Waals surface area contributed by atoms with E-state index in [9.17, 15) is 4.79 Å². The summed E-state index contributed by atoms with van der Waals surface area (Å²) < 4.78 is 0. The number of carbonyl (C=O) groups is 1. The second-order valence-corrected chi connectivity index (χ2v) is 5.18. The van der Waals surface area contributed by atoms with E-state index in [0.29, 0.717) is 5.92 Å². The summed E-state index contributed by atoms with van der Waals surface area (Å²) in [6, 6.07) is 7.68. The highest BCUT2D eigenvalue weighted by Crippen LogP contribution is 2.27. The molecule has 96 valence electrons. The summed E-state index contributed by atoms with van der Waals surface area (Å²) in [6.07, 6.45) is 4.78. The van der Waals surface area contributed by atoms with Crippen molar-refractivity contribution in [1.29, 1.82) is 0 Å². The van der Waals surface area contributed by atoms with E-state index in [4.69, 9.17) is 0 Å². The molecule has 1 N–H and O–H groups in total. The zero-order valence-corrected chi connectivity index (χ0v) is 11.0. The van der Waals surface area contributed by atoms with Crippen molar-refractivity contribution in [2.24, 2.45) is 5.92 Å². The molecule has 1 amide bonds. The van der Waals surface area contributed by atoms with Crippen LogP contribution in [0.3, 0.4) is 0 Å². The molecule has 0 radical (unpaired) electrons. The van der Waals surface area contributed by atoms with Gasteiger partial charge in [-0.1, -0.05) is 36.3 Å². The number of amides is 1. The highest BCUT2D eigenvalue weighted by molar-refractivity contribution is 5.94. The molecule has 1 aromatic rings. The van der Waals surface area contributed by atoms with E-state index in [0.717, 1.165) is 24.9 Å². The van der Waals surface area contributed by atoms with E-state index < -0.39 is 0 Å². The Morgan fingerprint density at radius 3 is 2.72 bits per heavy atom. The second kappa shape index (κ2) is 5.85. The van der Waals surface area contributed by atoms with Crippen molar-refractivity contribution in [3.05, 3.63) is 47.5 Å². The molecule has 0 aromatic heterocycles. The Hall–Kier alpha value is -1.57. The van der Waals surface area contributed by atoms with Crippen LogP contribution in [0.2, 0.25) is 0 Å². The smallest absolute Gasteiger partial charge is 0.251 e. The largest absolute Gasteiger partial charge is 0.351 e. The average molecular weight is 243 g/mol. The van der Waals surface area contributed by atoms with E-state index in [-0.39, 0.29) is 5.91 Å². The number of hydrogen-bond donors (Lipinski definition) is 1. The van der Waals surface area contributed by atoms with Gasteiger partial charge >= 0.3 is 0 Å². The molecule has 18 heavy (non-hydrogen) atoms. The lowest BCUT2D eigenvalue weighted by Gasteiger charge is -2.24. The first-order valence-electron chi connectivity index (χ1n) is 6.69. The molecule has 0 spiro atoms.